The van der Waals surface area contributed by atoms with E-state index in [9.17, 15) is 14.4 Å². The van der Waals surface area contributed by atoms with Crippen molar-refractivity contribution >= 4 is 28.9 Å². The number of aromatic nitrogens is 4. The van der Waals surface area contributed by atoms with Crippen LogP contribution in [0.1, 0.15) is 54.0 Å². The van der Waals surface area contributed by atoms with Crippen LogP contribution in [0, 0.1) is 0 Å². The lowest BCUT2D eigenvalue weighted by atomic mass is 10.0. The molecule has 4 rings (SSSR count). The molecular weight excluding hydrogens is 514 g/mol. The number of nitrogens with one attached hydrogen (secondary N) is 3. The van der Waals surface area contributed by atoms with Crippen LogP contribution in [-0.4, -0.2) is 57.2 Å². The maximum absolute atomic E-state index is 13.2. The summed E-state index contributed by atoms with van der Waals surface area (Å²) in [5, 5.41) is 20.3. The van der Waals surface area contributed by atoms with Crippen LogP contribution in [0.4, 0.5) is 4.79 Å². The van der Waals surface area contributed by atoms with E-state index < -0.39 is 24.1 Å². The first-order chi connectivity index (χ1) is 19.5. The predicted octanol–water partition coefficient (Wildman–Crippen LogP) is 3.06. The highest BCUT2D eigenvalue weighted by Crippen LogP contribution is 2.19. The van der Waals surface area contributed by atoms with Gasteiger partial charge < -0.3 is 25.5 Å². The van der Waals surface area contributed by atoms with E-state index in [1.807, 2.05) is 48.5 Å². The number of carbonyl (C=O) groups is 3. The molecule has 210 valence electrons. The highest BCUT2D eigenvalue weighted by molar-refractivity contribution is 5.98. The van der Waals surface area contributed by atoms with Gasteiger partial charge in [-0.15, -0.1) is 10.2 Å². The zero-order valence-electron chi connectivity index (χ0n) is 22.0. The van der Waals surface area contributed by atoms with Crippen molar-refractivity contribution in [1.29, 1.82) is 0 Å². The number of unbranched alkanes of at least 4 members (excludes halogenated alkanes) is 2. The van der Waals surface area contributed by atoms with Gasteiger partial charge in [0, 0.05) is 24.8 Å². The molecule has 0 bridgehead atoms. The Morgan fingerprint density at radius 2 is 1.80 bits per heavy atom. The second-order valence-electron chi connectivity index (χ2n) is 9.43. The fourth-order valence-corrected chi connectivity index (χ4v) is 4.40. The van der Waals surface area contributed by atoms with Crippen molar-refractivity contribution in [3.8, 4) is 0 Å². The van der Waals surface area contributed by atoms with Gasteiger partial charge in [-0.05, 0) is 43.4 Å². The van der Waals surface area contributed by atoms with Crippen molar-refractivity contribution in [1.82, 2.24) is 31.3 Å². The number of aromatic amines is 1. The Kier molecular flexibility index (Phi) is 10.2. The quantitative estimate of drug-likeness (QED) is 0.164. The minimum atomic E-state index is -0.894. The number of ether oxygens (including phenoxy) is 1. The molecular formula is C28H33N7O5. The van der Waals surface area contributed by atoms with Crippen molar-refractivity contribution in [2.45, 2.75) is 57.1 Å². The molecule has 12 heteroatoms. The molecule has 5 N–H and O–H groups in total. The molecule has 0 aliphatic carbocycles. The second kappa shape index (κ2) is 14.4. The van der Waals surface area contributed by atoms with Crippen molar-refractivity contribution in [2.24, 2.45) is 5.73 Å². The Hall–Kier alpha value is -4.74. The summed E-state index contributed by atoms with van der Waals surface area (Å²) >= 11 is 0. The number of primary amides is 1. The Balaban J connectivity index is 1.36. The lowest BCUT2D eigenvalue weighted by Gasteiger charge is -2.22. The lowest BCUT2D eigenvalue weighted by molar-refractivity contribution is -0.123. The Bertz CT molecular complexity index is 1340. The van der Waals surface area contributed by atoms with Crippen LogP contribution < -0.4 is 16.4 Å². The second-order valence-corrected chi connectivity index (χ2v) is 9.43. The monoisotopic (exact) mass is 547 g/mol. The number of hydrogen-bond donors (Lipinski definition) is 4. The van der Waals surface area contributed by atoms with E-state index in [1.54, 1.807) is 12.1 Å². The number of benzene rings is 2. The topological polar surface area (TPSA) is 178 Å². The van der Waals surface area contributed by atoms with Crippen LogP contribution in [0.2, 0.25) is 0 Å². The molecule has 2 aromatic heterocycles. The van der Waals surface area contributed by atoms with Gasteiger partial charge in [0.05, 0.1) is 0 Å². The molecule has 2 atom stereocenters. The lowest BCUT2D eigenvalue weighted by Crippen LogP contribution is -2.47. The third-order valence-corrected chi connectivity index (χ3v) is 6.40. The molecule has 0 spiro atoms. The van der Waals surface area contributed by atoms with Crippen LogP contribution in [0.25, 0.3) is 11.0 Å². The van der Waals surface area contributed by atoms with Gasteiger partial charge >= 0.3 is 6.09 Å². The Labute approximate surface area is 231 Å². The summed E-state index contributed by atoms with van der Waals surface area (Å²) in [7, 11) is 0. The number of carbonyl (C=O) groups excluding carboxylic acids is 3. The van der Waals surface area contributed by atoms with Gasteiger partial charge in [-0.2, -0.15) is 5.21 Å². The van der Waals surface area contributed by atoms with Crippen LogP contribution >= 0.6 is 0 Å². The molecule has 3 amide bonds. The molecule has 0 fully saturated rings. The molecule has 1 unspecified atom stereocenters. The van der Waals surface area contributed by atoms with E-state index >= 15 is 0 Å². The summed E-state index contributed by atoms with van der Waals surface area (Å²) in [6, 6.07) is 17.6. The summed E-state index contributed by atoms with van der Waals surface area (Å²) in [4.78, 5) is 37.8. The largest absolute Gasteiger partial charge is 0.451 e. The predicted molar refractivity (Wildman–Crippen MR) is 146 cm³/mol. The number of fused-ring (bicyclic) bond motifs is 1. The number of rotatable bonds is 15. The smallest absolute Gasteiger partial charge is 0.404 e. The number of nitrogens with zero attached hydrogens (tertiary/aromatic N) is 3. The van der Waals surface area contributed by atoms with E-state index in [0.717, 1.165) is 30.2 Å². The maximum atomic E-state index is 13.2. The fourth-order valence-electron chi connectivity index (χ4n) is 4.40. The van der Waals surface area contributed by atoms with Crippen molar-refractivity contribution in [3.05, 3.63) is 77.8 Å². The molecule has 2 aromatic carbocycles. The maximum Gasteiger partial charge on any atom is 0.404 e. The molecule has 12 nitrogen and oxygen atoms in total. The highest BCUT2D eigenvalue weighted by Gasteiger charge is 2.25. The molecule has 0 aliphatic heterocycles. The number of tetrazole rings is 1. The number of hydrogen-bond acceptors (Lipinski definition) is 8. The zero-order valence-corrected chi connectivity index (χ0v) is 22.0. The number of nitrogens with two attached hydrogens (primary N) is 1. The number of H-pyrrole nitrogens is 1. The first-order valence-corrected chi connectivity index (χ1v) is 13.3. The summed E-state index contributed by atoms with van der Waals surface area (Å²) in [5.41, 5.74) is 6.84. The molecule has 0 saturated heterocycles. The molecule has 0 aliphatic rings. The van der Waals surface area contributed by atoms with Gasteiger partial charge in [-0.1, -0.05) is 60.2 Å². The average Bonchev–Trinajstić information content (AvgIpc) is 3.63. The summed E-state index contributed by atoms with van der Waals surface area (Å²) in [5.74, 6) is -0.0811. The summed E-state index contributed by atoms with van der Waals surface area (Å²) < 4.78 is 11.0. The van der Waals surface area contributed by atoms with Gasteiger partial charge in [-0.3, -0.25) is 9.59 Å². The normalized spacial score (nSPS) is 12.5. The van der Waals surface area contributed by atoms with Crippen LogP contribution in [0.5, 0.6) is 0 Å². The van der Waals surface area contributed by atoms with E-state index in [2.05, 4.69) is 31.3 Å². The van der Waals surface area contributed by atoms with Crippen LogP contribution in [0.15, 0.2) is 65.1 Å². The third kappa shape index (κ3) is 8.65. The average molecular weight is 548 g/mol. The number of furan rings is 1. The number of aryl methyl sites for hydroxylation is 1. The molecule has 0 saturated carbocycles. The van der Waals surface area contributed by atoms with Gasteiger partial charge in [0.1, 0.15) is 17.7 Å². The minimum Gasteiger partial charge on any atom is -0.451 e. The Morgan fingerprint density at radius 3 is 2.55 bits per heavy atom. The van der Waals surface area contributed by atoms with E-state index in [-0.39, 0.29) is 18.1 Å². The van der Waals surface area contributed by atoms with E-state index in [4.69, 9.17) is 14.9 Å². The Morgan fingerprint density at radius 1 is 1.00 bits per heavy atom. The first-order valence-electron chi connectivity index (χ1n) is 13.3. The third-order valence-electron chi connectivity index (χ3n) is 6.40. The first kappa shape index (κ1) is 28.3. The molecule has 40 heavy (non-hydrogen) atoms. The van der Waals surface area contributed by atoms with Gasteiger partial charge in [0.2, 0.25) is 5.91 Å². The SMILES string of the molecule is NC(=O)OC(CC[C@H](NC(=O)c1cc2ccccc2o1)C(=O)NCCCCCc1nn[nH]n1)Cc1ccccc1. The van der Waals surface area contributed by atoms with E-state index in [0.29, 0.717) is 37.2 Å². The van der Waals surface area contributed by atoms with Crippen LogP contribution in [-0.2, 0) is 22.4 Å². The highest BCUT2D eigenvalue weighted by atomic mass is 16.6. The molecule has 0 radical (unpaired) electrons. The zero-order chi connectivity index (χ0) is 28.2. The number of amides is 3. The van der Waals surface area contributed by atoms with Gasteiger partial charge in [0.15, 0.2) is 11.6 Å². The minimum absolute atomic E-state index is 0.106. The van der Waals surface area contributed by atoms with Gasteiger partial charge in [0.25, 0.3) is 5.91 Å². The number of para-hydroxylation sites is 1. The molecule has 2 heterocycles. The standard InChI is InChI=1S/C28H33N7O5/c29-28(38)39-21(17-19-9-3-1-4-10-19)14-15-22(26(36)30-16-8-2-5-13-25-32-34-35-33-25)31-27(37)24-18-20-11-6-7-12-23(20)40-24/h1,3-4,6-7,9-12,18,21-22H,2,5,8,13-17H2,(H2,29,38)(H,30,36)(H,31,37)(H,32,33,34,35)/t21?,22-/m0/s1. The summed E-state index contributed by atoms with van der Waals surface area (Å²) in [6.45, 7) is 0.438. The molecule has 4 aromatic rings. The van der Waals surface area contributed by atoms with E-state index in [1.165, 1.54) is 0 Å². The summed E-state index contributed by atoms with van der Waals surface area (Å²) in [6.07, 6.45) is 2.65. The van der Waals surface area contributed by atoms with Crippen molar-refractivity contribution in [2.75, 3.05) is 6.54 Å². The van der Waals surface area contributed by atoms with Crippen molar-refractivity contribution in [3.63, 3.8) is 0 Å². The van der Waals surface area contributed by atoms with Crippen molar-refractivity contribution < 1.29 is 23.5 Å². The van der Waals surface area contributed by atoms with Crippen LogP contribution in [0.3, 0.4) is 0 Å². The van der Waals surface area contributed by atoms with Gasteiger partial charge in [-0.25, -0.2) is 4.79 Å². The fraction of sp³-hybridized carbons (Fsp3) is 0.357.